The van der Waals surface area contributed by atoms with Crippen LogP contribution in [0.1, 0.15) is 101 Å². The van der Waals surface area contributed by atoms with E-state index in [1.807, 2.05) is 29.1 Å². The maximum absolute atomic E-state index is 13.4. The van der Waals surface area contributed by atoms with E-state index in [1.54, 1.807) is 7.11 Å². The van der Waals surface area contributed by atoms with E-state index in [4.69, 9.17) is 14.6 Å². The SMILES string of the molecule is COCCN(C)Cc1ccc(-n2nc(C(C)(C)C)cc2NC(=O)NCC[C@H]2CC[C@@H](Oc3ccc4nnc(N5CCCC[C@@H]5C)n4c3)c3ccccc32)cc1. The molecule has 1 fully saturated rings. The van der Waals surface area contributed by atoms with Crippen LogP contribution in [0.2, 0.25) is 0 Å². The van der Waals surface area contributed by atoms with Crippen molar-refractivity contribution in [3.8, 4) is 11.4 Å². The number of methoxy groups -OCH3 is 1. The lowest BCUT2D eigenvalue weighted by Gasteiger charge is -2.33. The van der Waals surface area contributed by atoms with E-state index in [0.29, 0.717) is 30.9 Å². The van der Waals surface area contributed by atoms with Crippen molar-refractivity contribution in [2.45, 2.75) is 96.2 Å². The van der Waals surface area contributed by atoms with Crippen molar-refractivity contribution in [3.63, 3.8) is 0 Å². The molecule has 12 heteroatoms. The van der Waals surface area contributed by atoms with Crippen LogP contribution in [0.5, 0.6) is 5.75 Å². The van der Waals surface area contributed by atoms with Gasteiger partial charge in [-0.3, -0.25) is 14.6 Å². The number of piperidine rings is 1. The first kappa shape index (κ1) is 38.3. The zero-order valence-corrected chi connectivity index (χ0v) is 33.3. The standard InChI is InChI=1S/C43H57N9O3/c1-30-11-9-10-24-50(30)42-47-46-39-21-19-34(29-51(39)42)55-37-20-16-32(35-12-7-8-13-36(35)37)22-23-44-41(53)45-40-27-38(43(2,3)4)48-52(40)33-17-14-31(15-18-33)28-49(5)25-26-54-6/h7-8,12-15,17-19,21,27,29-30,32,37H,9-11,16,20,22-26,28H2,1-6H3,(H2,44,45,53)/t30-,32+,37+/m0/s1. The van der Waals surface area contributed by atoms with Crippen molar-refractivity contribution in [1.82, 2.24) is 34.6 Å². The maximum atomic E-state index is 13.4. The van der Waals surface area contributed by atoms with Gasteiger partial charge in [-0.25, -0.2) is 9.48 Å². The predicted octanol–water partition coefficient (Wildman–Crippen LogP) is 7.88. The number of pyridine rings is 1. The molecule has 3 aromatic heterocycles. The fraction of sp³-hybridized carbons (Fsp3) is 0.488. The summed E-state index contributed by atoms with van der Waals surface area (Å²) in [6, 6.07) is 23.1. The number of nitrogens with zero attached hydrogens (tertiary/aromatic N) is 7. The van der Waals surface area contributed by atoms with Gasteiger partial charge in [0.15, 0.2) is 5.65 Å². The highest BCUT2D eigenvalue weighted by Crippen LogP contribution is 2.41. The van der Waals surface area contributed by atoms with E-state index in [-0.39, 0.29) is 17.6 Å². The van der Waals surface area contributed by atoms with E-state index in [1.165, 1.54) is 36.0 Å². The predicted molar refractivity (Wildman–Crippen MR) is 218 cm³/mol. The van der Waals surface area contributed by atoms with Crippen LogP contribution in [-0.4, -0.2) is 81.8 Å². The molecular formula is C43H57N9O3. The Labute approximate surface area is 325 Å². The molecule has 1 aliphatic heterocycles. The molecule has 292 valence electrons. The summed E-state index contributed by atoms with van der Waals surface area (Å²) in [6.07, 6.45) is 8.26. The Hall–Kier alpha value is -4.94. The van der Waals surface area contributed by atoms with Gasteiger partial charge in [-0.05, 0) is 99.4 Å². The lowest BCUT2D eigenvalue weighted by Crippen LogP contribution is -2.38. The van der Waals surface area contributed by atoms with Crippen LogP contribution in [0.3, 0.4) is 0 Å². The highest BCUT2D eigenvalue weighted by atomic mass is 16.5. The van der Waals surface area contributed by atoms with Crippen molar-refractivity contribution >= 4 is 23.4 Å². The Kier molecular flexibility index (Phi) is 11.7. The number of hydrogen-bond donors (Lipinski definition) is 2. The van der Waals surface area contributed by atoms with Crippen molar-refractivity contribution < 1.29 is 14.3 Å². The number of aromatic nitrogens is 5. The third-order valence-corrected chi connectivity index (χ3v) is 11.1. The molecular weight excluding hydrogens is 691 g/mol. The number of anilines is 2. The number of carbonyl (C=O) groups excluding carboxylic acids is 1. The molecule has 0 spiro atoms. The van der Waals surface area contributed by atoms with Crippen LogP contribution < -0.4 is 20.3 Å². The molecule has 12 nitrogen and oxygen atoms in total. The molecule has 2 N–H and O–H groups in total. The summed E-state index contributed by atoms with van der Waals surface area (Å²) in [5.74, 6) is 2.65. The number of ether oxygens (including phenoxy) is 2. The summed E-state index contributed by atoms with van der Waals surface area (Å²) in [6.45, 7) is 12.6. The fourth-order valence-electron chi connectivity index (χ4n) is 7.88. The molecule has 1 aliphatic carbocycles. The van der Waals surface area contributed by atoms with E-state index < -0.39 is 0 Å². The third kappa shape index (κ3) is 8.97. The Morgan fingerprint density at radius 2 is 1.78 bits per heavy atom. The van der Waals surface area contributed by atoms with Crippen molar-refractivity contribution in [1.29, 1.82) is 0 Å². The molecule has 0 saturated carbocycles. The summed E-state index contributed by atoms with van der Waals surface area (Å²) in [7, 11) is 3.81. The van der Waals surface area contributed by atoms with Gasteiger partial charge >= 0.3 is 6.03 Å². The minimum atomic E-state index is -0.244. The van der Waals surface area contributed by atoms with Crippen LogP contribution >= 0.6 is 0 Å². The topological polar surface area (TPSA) is 114 Å². The lowest BCUT2D eigenvalue weighted by molar-refractivity contribution is 0.158. The maximum Gasteiger partial charge on any atom is 0.320 e. The van der Waals surface area contributed by atoms with Crippen molar-refractivity contribution in [2.75, 3.05) is 50.6 Å². The average Bonchev–Trinajstić information content (AvgIpc) is 3.80. The molecule has 2 amide bonds. The first-order valence-corrected chi connectivity index (χ1v) is 19.9. The van der Waals surface area contributed by atoms with Gasteiger partial charge in [0.1, 0.15) is 17.7 Å². The summed E-state index contributed by atoms with van der Waals surface area (Å²) in [4.78, 5) is 18.0. The molecule has 7 rings (SSSR count). The van der Waals surface area contributed by atoms with Gasteiger partial charge in [0.2, 0.25) is 5.95 Å². The minimum Gasteiger partial charge on any atom is -0.484 e. The second-order valence-electron chi connectivity index (χ2n) is 16.3. The second kappa shape index (κ2) is 16.8. The summed E-state index contributed by atoms with van der Waals surface area (Å²) >= 11 is 0. The van der Waals surface area contributed by atoms with Gasteiger partial charge in [-0.2, -0.15) is 5.10 Å². The Balaban J connectivity index is 0.981. The first-order valence-electron chi connectivity index (χ1n) is 19.9. The molecule has 2 aliphatic rings. The van der Waals surface area contributed by atoms with Crippen LogP contribution in [0.4, 0.5) is 16.6 Å². The molecule has 5 aromatic rings. The molecule has 0 unspecified atom stereocenters. The summed E-state index contributed by atoms with van der Waals surface area (Å²) in [5.41, 5.74) is 6.13. The number of amides is 2. The molecule has 0 radical (unpaired) electrons. The number of nitrogens with one attached hydrogen (secondary N) is 2. The Bertz CT molecular complexity index is 2050. The number of carbonyl (C=O) groups is 1. The van der Waals surface area contributed by atoms with Gasteiger partial charge in [-0.15, -0.1) is 10.2 Å². The van der Waals surface area contributed by atoms with Crippen LogP contribution in [0.25, 0.3) is 11.3 Å². The van der Waals surface area contributed by atoms with Gasteiger partial charge in [0, 0.05) is 50.8 Å². The highest BCUT2D eigenvalue weighted by Gasteiger charge is 2.29. The van der Waals surface area contributed by atoms with E-state index in [0.717, 1.165) is 67.6 Å². The number of urea groups is 1. The number of fused-ring (bicyclic) bond motifs is 2. The minimum absolute atomic E-state index is 0.0575. The lowest BCUT2D eigenvalue weighted by atomic mass is 9.79. The quantitative estimate of drug-likeness (QED) is 0.125. The first-order chi connectivity index (χ1) is 26.6. The number of hydrogen-bond acceptors (Lipinski definition) is 8. The Morgan fingerprint density at radius 1 is 0.982 bits per heavy atom. The smallest absolute Gasteiger partial charge is 0.320 e. The fourth-order valence-corrected chi connectivity index (χ4v) is 7.88. The average molecular weight is 748 g/mol. The summed E-state index contributed by atoms with van der Waals surface area (Å²) in [5, 5.41) is 20.1. The number of benzene rings is 2. The third-order valence-electron chi connectivity index (χ3n) is 11.1. The normalized spacial score (nSPS) is 18.7. The van der Waals surface area contributed by atoms with Crippen LogP contribution in [-0.2, 0) is 16.7 Å². The van der Waals surface area contributed by atoms with Gasteiger partial charge in [0.25, 0.3) is 0 Å². The molecule has 3 atom stereocenters. The van der Waals surface area contributed by atoms with Gasteiger partial charge in [0.05, 0.1) is 24.2 Å². The molecule has 55 heavy (non-hydrogen) atoms. The zero-order valence-electron chi connectivity index (χ0n) is 33.3. The van der Waals surface area contributed by atoms with Crippen LogP contribution in [0, 0.1) is 0 Å². The Morgan fingerprint density at radius 3 is 2.55 bits per heavy atom. The van der Waals surface area contributed by atoms with E-state index in [9.17, 15) is 4.79 Å². The molecule has 0 bridgehead atoms. The van der Waals surface area contributed by atoms with E-state index in [2.05, 4.69) is 118 Å². The highest BCUT2D eigenvalue weighted by molar-refractivity contribution is 5.88. The van der Waals surface area contributed by atoms with Gasteiger partial charge < -0.3 is 19.7 Å². The van der Waals surface area contributed by atoms with Crippen molar-refractivity contribution in [3.05, 3.63) is 95.3 Å². The molecule has 4 heterocycles. The number of likely N-dealkylation sites (N-methyl/N-ethyl adjacent to an activating group) is 1. The van der Waals surface area contributed by atoms with Gasteiger partial charge in [-0.1, -0.05) is 57.2 Å². The molecule has 1 saturated heterocycles. The van der Waals surface area contributed by atoms with E-state index >= 15 is 0 Å². The number of rotatable bonds is 13. The summed E-state index contributed by atoms with van der Waals surface area (Å²) < 4.78 is 15.8. The monoisotopic (exact) mass is 747 g/mol. The van der Waals surface area contributed by atoms with Crippen LogP contribution in [0.15, 0.2) is 72.9 Å². The second-order valence-corrected chi connectivity index (χ2v) is 16.3. The largest absolute Gasteiger partial charge is 0.484 e. The zero-order chi connectivity index (χ0) is 38.5. The van der Waals surface area contributed by atoms with Crippen molar-refractivity contribution in [2.24, 2.45) is 0 Å². The molecule has 2 aromatic carbocycles.